The van der Waals surface area contributed by atoms with Crippen molar-refractivity contribution in [2.24, 2.45) is 0 Å². The number of nitrogens with one attached hydrogen (secondary N) is 1. The van der Waals surface area contributed by atoms with E-state index < -0.39 is 0 Å². The van der Waals surface area contributed by atoms with Gasteiger partial charge in [0, 0.05) is 44.1 Å². The van der Waals surface area contributed by atoms with Gasteiger partial charge in [0.15, 0.2) is 0 Å². The number of aromatic nitrogens is 3. The second-order valence-electron chi connectivity index (χ2n) is 9.56. The van der Waals surface area contributed by atoms with Crippen molar-refractivity contribution in [3.05, 3.63) is 59.7 Å². The zero-order chi connectivity index (χ0) is 24.4. The van der Waals surface area contributed by atoms with Crippen LogP contribution < -0.4 is 10.2 Å². The molecule has 35 heavy (non-hydrogen) atoms. The molecule has 186 valence electrons. The summed E-state index contributed by atoms with van der Waals surface area (Å²) in [5.74, 6) is 0.202. The molecule has 1 aromatic heterocycles. The third kappa shape index (κ3) is 5.63. The van der Waals surface area contributed by atoms with Crippen LogP contribution in [0.25, 0.3) is 5.69 Å². The number of anilines is 3. The summed E-state index contributed by atoms with van der Waals surface area (Å²) in [6.07, 6.45) is 1.62. The van der Waals surface area contributed by atoms with Gasteiger partial charge in [0.25, 0.3) is 0 Å². The van der Waals surface area contributed by atoms with Crippen LogP contribution in [0.4, 0.5) is 21.7 Å². The van der Waals surface area contributed by atoms with Crippen LogP contribution in [0.2, 0.25) is 0 Å². The van der Waals surface area contributed by atoms with Crippen LogP contribution in [0.1, 0.15) is 18.1 Å². The Bertz CT molecular complexity index is 1150. The Hall–Kier alpha value is -3.01. The predicted octanol–water partition coefficient (Wildman–Crippen LogP) is 3.43. The third-order valence-corrected chi connectivity index (χ3v) is 6.83. The topological polar surface area (TPSA) is 61.7 Å². The Morgan fingerprint density at radius 3 is 2.57 bits per heavy atom. The molecule has 0 unspecified atom stereocenters. The lowest BCUT2D eigenvalue weighted by atomic mass is 10.1. The number of piperazine rings is 1. The van der Waals surface area contributed by atoms with Crippen LogP contribution in [0.15, 0.2) is 42.7 Å². The minimum atomic E-state index is -0.278. The van der Waals surface area contributed by atoms with Gasteiger partial charge in [0.2, 0.25) is 5.95 Å². The summed E-state index contributed by atoms with van der Waals surface area (Å²) in [6, 6.07) is 12.1. The Balaban J connectivity index is 1.28. The molecule has 8 nitrogen and oxygen atoms in total. The summed E-state index contributed by atoms with van der Waals surface area (Å²) in [4.78, 5) is 11.5. The van der Waals surface area contributed by atoms with E-state index >= 15 is 0 Å². The molecule has 9 heteroatoms. The molecule has 0 saturated carbocycles. The molecule has 0 atom stereocenters. The quantitative estimate of drug-likeness (QED) is 0.531. The van der Waals surface area contributed by atoms with Crippen LogP contribution in [0.3, 0.4) is 0 Å². The van der Waals surface area contributed by atoms with Crippen molar-refractivity contribution in [3.63, 3.8) is 0 Å². The van der Waals surface area contributed by atoms with E-state index in [1.807, 2.05) is 13.1 Å². The zero-order valence-electron chi connectivity index (χ0n) is 20.7. The van der Waals surface area contributed by atoms with Crippen molar-refractivity contribution in [3.8, 4) is 5.69 Å². The number of benzene rings is 2. The van der Waals surface area contributed by atoms with Crippen molar-refractivity contribution in [1.29, 1.82) is 0 Å². The Morgan fingerprint density at radius 2 is 1.86 bits per heavy atom. The first-order valence-corrected chi connectivity index (χ1v) is 12.3. The number of hydrogen-bond acceptors (Lipinski definition) is 7. The highest BCUT2D eigenvalue weighted by Gasteiger charge is 2.29. The highest BCUT2D eigenvalue weighted by atomic mass is 19.1. The monoisotopic (exact) mass is 479 g/mol. The second kappa shape index (κ2) is 10.3. The highest BCUT2D eigenvalue weighted by Crippen LogP contribution is 2.26. The lowest BCUT2D eigenvalue weighted by Crippen LogP contribution is -2.56. The van der Waals surface area contributed by atoms with E-state index in [9.17, 15) is 4.39 Å². The van der Waals surface area contributed by atoms with Crippen LogP contribution in [-0.2, 0) is 11.3 Å². The normalized spacial score (nSPS) is 17.1. The van der Waals surface area contributed by atoms with E-state index in [0.29, 0.717) is 24.2 Å². The zero-order valence-corrected chi connectivity index (χ0v) is 20.7. The first-order valence-electron chi connectivity index (χ1n) is 12.3. The number of ether oxygens (including phenoxy) is 1. The van der Waals surface area contributed by atoms with Gasteiger partial charge in [-0.15, -0.1) is 5.10 Å². The van der Waals surface area contributed by atoms with Crippen molar-refractivity contribution >= 4 is 17.3 Å². The third-order valence-electron chi connectivity index (χ3n) is 6.83. The molecule has 0 radical (unpaired) electrons. The summed E-state index contributed by atoms with van der Waals surface area (Å²) >= 11 is 0. The molecular formula is C26H34FN7O. The molecule has 2 aliphatic rings. The Morgan fingerprint density at radius 1 is 1.06 bits per heavy atom. The molecule has 2 aliphatic heterocycles. The van der Waals surface area contributed by atoms with Crippen molar-refractivity contribution in [2.75, 3.05) is 63.2 Å². The largest absolute Gasteiger partial charge is 0.378 e. The highest BCUT2D eigenvalue weighted by molar-refractivity contribution is 5.64. The smallest absolute Gasteiger partial charge is 0.246 e. The van der Waals surface area contributed by atoms with Gasteiger partial charge < -0.3 is 19.9 Å². The summed E-state index contributed by atoms with van der Waals surface area (Å²) in [5, 5.41) is 7.89. The lowest BCUT2D eigenvalue weighted by Gasteiger charge is -2.43. The minimum absolute atomic E-state index is 0.278. The number of rotatable bonds is 8. The standard InChI is InChI=1S/C26H34FN7O/c1-4-31(3)15-20-11-21(27)13-24(12-20)34-18-28-26(30-34)29-22-9-19(2)10-23(14-22)32-5-7-33(8-6-32)25-16-35-17-25/h9-14,18,25H,4-8,15-17H2,1-3H3,(H,29,30). The van der Waals surface area contributed by atoms with Gasteiger partial charge in [0.1, 0.15) is 12.1 Å². The molecule has 2 fully saturated rings. The van der Waals surface area contributed by atoms with Crippen LogP contribution in [0.5, 0.6) is 0 Å². The molecule has 0 bridgehead atoms. The molecule has 3 heterocycles. The van der Waals surface area contributed by atoms with E-state index in [-0.39, 0.29) is 5.82 Å². The van der Waals surface area contributed by atoms with E-state index in [0.717, 1.165) is 57.2 Å². The Kier molecular flexibility index (Phi) is 6.99. The fourth-order valence-electron chi connectivity index (χ4n) is 4.65. The second-order valence-corrected chi connectivity index (χ2v) is 9.56. The first-order chi connectivity index (χ1) is 17.0. The van der Waals surface area contributed by atoms with Gasteiger partial charge >= 0.3 is 0 Å². The fourth-order valence-corrected chi connectivity index (χ4v) is 4.65. The van der Waals surface area contributed by atoms with E-state index in [2.05, 4.69) is 62.1 Å². The summed E-state index contributed by atoms with van der Waals surface area (Å²) < 4.78 is 21.2. The average molecular weight is 480 g/mol. The van der Waals surface area contributed by atoms with Crippen LogP contribution in [-0.4, -0.2) is 83.6 Å². The number of aryl methyl sites for hydroxylation is 1. The maximum atomic E-state index is 14.3. The minimum Gasteiger partial charge on any atom is -0.378 e. The van der Waals surface area contributed by atoms with Crippen molar-refractivity contribution < 1.29 is 9.13 Å². The molecule has 0 aliphatic carbocycles. The Labute approximate surface area is 206 Å². The molecule has 0 amide bonds. The SMILES string of the molecule is CCN(C)Cc1cc(F)cc(-n2cnc(Nc3cc(C)cc(N4CCN(C5COC5)CC4)c3)n2)c1. The van der Waals surface area contributed by atoms with Gasteiger partial charge in [0.05, 0.1) is 24.9 Å². The molecule has 2 saturated heterocycles. The van der Waals surface area contributed by atoms with Gasteiger partial charge in [-0.1, -0.05) is 6.92 Å². The van der Waals surface area contributed by atoms with Crippen LogP contribution in [0, 0.1) is 12.7 Å². The van der Waals surface area contributed by atoms with E-state index in [1.54, 1.807) is 17.1 Å². The average Bonchev–Trinajstić information content (AvgIpc) is 3.26. The van der Waals surface area contributed by atoms with E-state index in [1.165, 1.54) is 17.3 Å². The predicted molar refractivity (Wildman–Crippen MR) is 136 cm³/mol. The molecule has 1 N–H and O–H groups in total. The molecule has 2 aromatic carbocycles. The number of halogens is 1. The van der Waals surface area contributed by atoms with Crippen molar-refractivity contribution in [2.45, 2.75) is 26.4 Å². The van der Waals surface area contributed by atoms with Gasteiger partial charge in [-0.3, -0.25) is 4.90 Å². The number of hydrogen-bond donors (Lipinski definition) is 1. The van der Waals surface area contributed by atoms with E-state index in [4.69, 9.17) is 4.74 Å². The van der Waals surface area contributed by atoms with Crippen molar-refractivity contribution in [1.82, 2.24) is 24.6 Å². The maximum Gasteiger partial charge on any atom is 0.246 e. The summed E-state index contributed by atoms with van der Waals surface area (Å²) in [5.41, 5.74) is 4.88. The maximum absolute atomic E-state index is 14.3. The van der Waals surface area contributed by atoms with Gasteiger partial charge in [-0.2, -0.15) is 4.98 Å². The number of nitrogens with zero attached hydrogens (tertiary/aromatic N) is 6. The van der Waals surface area contributed by atoms with Gasteiger partial charge in [-0.05, 0) is 68.0 Å². The first kappa shape index (κ1) is 23.7. The summed E-state index contributed by atoms with van der Waals surface area (Å²) in [7, 11) is 2.02. The molecule has 3 aromatic rings. The van der Waals surface area contributed by atoms with Gasteiger partial charge in [-0.25, -0.2) is 9.07 Å². The molecule has 5 rings (SSSR count). The fraction of sp³-hybridized carbons (Fsp3) is 0.462. The summed E-state index contributed by atoms with van der Waals surface area (Å²) in [6.45, 7) is 11.6. The molecular weight excluding hydrogens is 445 g/mol. The lowest BCUT2D eigenvalue weighted by molar-refractivity contribution is -0.0660. The van der Waals surface area contributed by atoms with Crippen LogP contribution >= 0.6 is 0 Å². The molecule has 0 spiro atoms.